The van der Waals surface area contributed by atoms with Gasteiger partial charge in [0.1, 0.15) is 23.3 Å². The fraction of sp³-hybridized carbons (Fsp3) is 0.182. The van der Waals surface area contributed by atoms with E-state index in [4.69, 9.17) is 27.9 Å². The highest BCUT2D eigenvalue weighted by atomic mass is 35.5. The minimum Gasteiger partial charge on any atom is -0.482 e. The third-order valence-electron chi connectivity index (χ3n) is 4.79. The summed E-state index contributed by atoms with van der Waals surface area (Å²) in [6, 6.07) is 10.6. The molecule has 2 aromatic heterocycles. The van der Waals surface area contributed by atoms with Gasteiger partial charge < -0.3 is 10.1 Å². The maximum absolute atomic E-state index is 13.1. The number of nitrogens with zero attached hydrogens (tertiary/aromatic N) is 4. The van der Waals surface area contributed by atoms with E-state index < -0.39 is 0 Å². The van der Waals surface area contributed by atoms with Crippen molar-refractivity contribution >= 4 is 40.1 Å². The normalized spacial score (nSPS) is 11.0. The minimum absolute atomic E-state index is 0.215. The number of rotatable bonds is 8. The average molecular weight is 490 g/mol. The monoisotopic (exact) mass is 489 g/mol. The Morgan fingerprint density at radius 3 is 2.70 bits per heavy atom. The smallest absolute Gasteiger partial charge is 0.264 e. The van der Waals surface area contributed by atoms with E-state index in [1.165, 1.54) is 40.0 Å². The Bertz CT molecular complexity index is 1350. The fourth-order valence-electron chi connectivity index (χ4n) is 3.15. The van der Waals surface area contributed by atoms with Crippen LogP contribution in [0.4, 0.5) is 4.39 Å². The molecular formula is C22H18Cl2FN5O3. The molecule has 4 aromatic rings. The average Bonchev–Trinajstić information content (AvgIpc) is 3.20. The maximum Gasteiger partial charge on any atom is 0.264 e. The minimum atomic E-state index is -0.341. The topological polar surface area (TPSA) is 91.0 Å². The number of ether oxygens (including phenoxy) is 1. The summed E-state index contributed by atoms with van der Waals surface area (Å²) in [6.07, 6.45) is 2.87. The van der Waals surface area contributed by atoms with Gasteiger partial charge in [-0.15, -0.1) is 0 Å². The van der Waals surface area contributed by atoms with Gasteiger partial charge in [0.05, 0.1) is 24.3 Å². The van der Waals surface area contributed by atoms with Crippen LogP contribution in [0, 0.1) is 5.82 Å². The van der Waals surface area contributed by atoms with Crippen LogP contribution in [0.2, 0.25) is 10.0 Å². The lowest BCUT2D eigenvalue weighted by atomic mass is 10.2. The summed E-state index contributed by atoms with van der Waals surface area (Å²) < 4.78 is 21.4. The summed E-state index contributed by atoms with van der Waals surface area (Å²) in [4.78, 5) is 29.1. The lowest BCUT2D eigenvalue weighted by Gasteiger charge is -2.09. The predicted molar refractivity (Wildman–Crippen MR) is 122 cm³/mol. The number of hydrogen-bond donors (Lipinski definition) is 1. The highest BCUT2D eigenvalue weighted by molar-refractivity contribution is 6.35. The SMILES string of the molecule is O=C(COc1ccc(Cl)cc1Cl)NCCn1ncc2c(=O)n(Cc3ccc(F)cc3)cnc21. The standard InChI is InChI=1S/C22H18Cl2FN5O3/c23-15-3-6-19(18(24)9-15)33-12-20(31)26-7-8-30-21-17(10-28-30)22(32)29(13-27-21)11-14-1-4-16(25)5-2-14/h1-6,9-10,13H,7-8,11-12H2,(H,26,31). The molecule has 33 heavy (non-hydrogen) atoms. The molecule has 2 aromatic carbocycles. The lowest BCUT2D eigenvalue weighted by molar-refractivity contribution is -0.123. The van der Waals surface area contributed by atoms with Gasteiger partial charge in [-0.25, -0.2) is 14.1 Å². The van der Waals surface area contributed by atoms with Crippen molar-refractivity contribution in [3.63, 3.8) is 0 Å². The summed E-state index contributed by atoms with van der Waals surface area (Å²) in [7, 11) is 0. The number of carbonyl (C=O) groups is 1. The van der Waals surface area contributed by atoms with E-state index >= 15 is 0 Å². The highest BCUT2D eigenvalue weighted by Crippen LogP contribution is 2.27. The fourth-order valence-corrected chi connectivity index (χ4v) is 3.61. The van der Waals surface area contributed by atoms with Crippen molar-refractivity contribution in [1.29, 1.82) is 0 Å². The molecule has 0 aliphatic rings. The van der Waals surface area contributed by atoms with E-state index in [-0.39, 0.29) is 37.0 Å². The molecule has 2 heterocycles. The lowest BCUT2D eigenvalue weighted by Crippen LogP contribution is -2.32. The number of fused-ring (bicyclic) bond motifs is 1. The van der Waals surface area contributed by atoms with E-state index in [0.29, 0.717) is 33.4 Å². The molecule has 0 atom stereocenters. The van der Waals surface area contributed by atoms with Crippen LogP contribution in [-0.2, 0) is 17.9 Å². The Morgan fingerprint density at radius 1 is 1.15 bits per heavy atom. The Balaban J connectivity index is 1.34. The van der Waals surface area contributed by atoms with E-state index in [0.717, 1.165) is 5.56 Å². The predicted octanol–water partition coefficient (Wildman–Crippen LogP) is 3.28. The molecule has 0 unspecified atom stereocenters. The number of carbonyl (C=O) groups excluding carboxylic acids is 1. The molecule has 0 saturated carbocycles. The first-order chi connectivity index (χ1) is 15.9. The van der Waals surface area contributed by atoms with Gasteiger partial charge in [-0.3, -0.25) is 14.2 Å². The summed E-state index contributed by atoms with van der Waals surface area (Å²) in [6.45, 7) is 0.619. The van der Waals surface area contributed by atoms with Crippen LogP contribution in [0.15, 0.2) is 59.8 Å². The summed E-state index contributed by atoms with van der Waals surface area (Å²) in [5.74, 6) is -0.323. The van der Waals surface area contributed by atoms with Crippen molar-refractivity contribution in [2.75, 3.05) is 13.2 Å². The number of nitrogens with one attached hydrogen (secondary N) is 1. The second kappa shape index (κ2) is 10.0. The second-order valence-corrected chi connectivity index (χ2v) is 7.97. The van der Waals surface area contributed by atoms with Gasteiger partial charge in [0.25, 0.3) is 11.5 Å². The maximum atomic E-state index is 13.1. The number of amides is 1. The van der Waals surface area contributed by atoms with E-state index in [9.17, 15) is 14.0 Å². The Labute approximate surface area is 197 Å². The Kier molecular flexibility index (Phi) is 6.90. The van der Waals surface area contributed by atoms with E-state index in [2.05, 4.69) is 15.4 Å². The summed E-state index contributed by atoms with van der Waals surface area (Å²) in [5, 5.41) is 8.06. The number of halogens is 3. The van der Waals surface area contributed by atoms with Crippen LogP contribution in [0.25, 0.3) is 11.0 Å². The second-order valence-electron chi connectivity index (χ2n) is 7.12. The van der Waals surface area contributed by atoms with Crippen molar-refractivity contribution in [2.45, 2.75) is 13.1 Å². The molecule has 0 bridgehead atoms. The van der Waals surface area contributed by atoms with Gasteiger partial charge in [-0.2, -0.15) is 5.10 Å². The summed E-state index contributed by atoms with van der Waals surface area (Å²) in [5.41, 5.74) is 0.929. The van der Waals surface area contributed by atoms with Crippen molar-refractivity contribution in [3.05, 3.63) is 86.8 Å². The number of hydrogen-bond acceptors (Lipinski definition) is 5. The Hall–Kier alpha value is -3.43. The molecule has 0 aliphatic carbocycles. The first-order valence-electron chi connectivity index (χ1n) is 9.90. The zero-order chi connectivity index (χ0) is 23.4. The molecule has 4 rings (SSSR count). The largest absolute Gasteiger partial charge is 0.482 e. The van der Waals surface area contributed by atoms with Crippen LogP contribution >= 0.6 is 23.2 Å². The van der Waals surface area contributed by atoms with Crippen LogP contribution in [0.1, 0.15) is 5.56 Å². The third-order valence-corrected chi connectivity index (χ3v) is 5.32. The van der Waals surface area contributed by atoms with E-state index in [1.807, 2.05) is 0 Å². The Morgan fingerprint density at radius 2 is 1.94 bits per heavy atom. The number of benzene rings is 2. The first-order valence-corrected chi connectivity index (χ1v) is 10.7. The van der Waals surface area contributed by atoms with Crippen molar-refractivity contribution in [3.8, 4) is 5.75 Å². The molecule has 0 radical (unpaired) electrons. The molecule has 11 heteroatoms. The molecule has 0 fully saturated rings. The summed E-state index contributed by atoms with van der Waals surface area (Å²) >= 11 is 11.8. The third kappa shape index (κ3) is 5.50. The van der Waals surface area contributed by atoms with E-state index in [1.54, 1.807) is 24.3 Å². The molecular weight excluding hydrogens is 472 g/mol. The van der Waals surface area contributed by atoms with Gasteiger partial charge in [0.2, 0.25) is 0 Å². The van der Waals surface area contributed by atoms with Crippen LogP contribution in [-0.4, -0.2) is 38.4 Å². The van der Waals surface area contributed by atoms with Gasteiger partial charge in [0.15, 0.2) is 12.3 Å². The van der Waals surface area contributed by atoms with Gasteiger partial charge in [-0.1, -0.05) is 35.3 Å². The molecule has 170 valence electrons. The highest BCUT2D eigenvalue weighted by Gasteiger charge is 2.11. The van der Waals surface area contributed by atoms with Crippen molar-refractivity contribution < 1.29 is 13.9 Å². The van der Waals surface area contributed by atoms with Gasteiger partial charge >= 0.3 is 0 Å². The molecule has 1 N–H and O–H groups in total. The quantitative estimate of drug-likeness (QED) is 0.410. The first kappa shape index (κ1) is 22.8. The van der Waals surface area contributed by atoms with Crippen molar-refractivity contribution in [2.24, 2.45) is 0 Å². The molecule has 0 saturated heterocycles. The molecule has 0 aliphatic heterocycles. The van der Waals surface area contributed by atoms with Crippen LogP contribution in [0.3, 0.4) is 0 Å². The van der Waals surface area contributed by atoms with Crippen LogP contribution < -0.4 is 15.6 Å². The zero-order valence-corrected chi connectivity index (χ0v) is 18.7. The van der Waals surface area contributed by atoms with Crippen molar-refractivity contribution in [1.82, 2.24) is 24.6 Å². The molecule has 1 amide bonds. The number of aromatic nitrogens is 4. The zero-order valence-electron chi connectivity index (χ0n) is 17.2. The van der Waals surface area contributed by atoms with Crippen LogP contribution in [0.5, 0.6) is 5.75 Å². The molecule has 0 spiro atoms. The van der Waals surface area contributed by atoms with Gasteiger partial charge in [0, 0.05) is 11.6 Å². The van der Waals surface area contributed by atoms with Gasteiger partial charge in [-0.05, 0) is 35.9 Å². The molecule has 8 nitrogen and oxygen atoms in total.